The molecule has 1 saturated carbocycles. The summed E-state index contributed by atoms with van der Waals surface area (Å²) >= 11 is 0. The van der Waals surface area contributed by atoms with Crippen LogP contribution in [0, 0.1) is 11.8 Å². The smallest absolute Gasteiger partial charge is 0.344 e. The van der Waals surface area contributed by atoms with Gasteiger partial charge < -0.3 is 19.3 Å². The van der Waals surface area contributed by atoms with Gasteiger partial charge >= 0.3 is 5.97 Å². The molecule has 1 unspecified atom stereocenters. The minimum Gasteiger partial charge on any atom is -0.756 e. The van der Waals surface area contributed by atoms with Crippen molar-refractivity contribution in [1.29, 1.82) is 0 Å². The Hall–Kier alpha value is -1.92. The highest BCUT2D eigenvalue weighted by atomic mass is 31.2. The highest BCUT2D eigenvalue weighted by molar-refractivity contribution is 7.46. The van der Waals surface area contributed by atoms with Crippen LogP contribution in [0.5, 0.6) is 11.5 Å². The number of phenols is 1. The van der Waals surface area contributed by atoms with Gasteiger partial charge in [-0.1, -0.05) is 57.4 Å². The fourth-order valence-electron chi connectivity index (χ4n) is 5.83. The van der Waals surface area contributed by atoms with Crippen molar-refractivity contribution in [2.45, 2.75) is 117 Å². The number of carbonyl (C=O) groups excluding carboxylic acids is 1. The number of phenolic OH excluding ortho intramolecular Hbond substituents is 1. The number of carbonyl (C=O) groups is 1. The zero-order chi connectivity index (χ0) is 29.5. The van der Waals surface area contributed by atoms with Gasteiger partial charge in [0.2, 0.25) is 0 Å². The second-order valence-electron chi connectivity index (χ2n) is 12.2. The summed E-state index contributed by atoms with van der Waals surface area (Å²) in [6.45, 7) is 14.3. The maximum atomic E-state index is 13.8. The van der Waals surface area contributed by atoms with Crippen molar-refractivity contribution in [3.8, 4) is 11.5 Å². The van der Waals surface area contributed by atoms with Crippen LogP contribution in [0.2, 0.25) is 0 Å². The van der Waals surface area contributed by atoms with Crippen molar-refractivity contribution in [3.05, 3.63) is 47.1 Å². The monoisotopic (exact) mass is 575 g/mol. The molecule has 224 valence electrons. The summed E-state index contributed by atoms with van der Waals surface area (Å²) in [5.74, 6) is -0.304. The SMILES string of the molecule is C=C(C)[C@@H]1CCC(C)=C[C@H]1c1c(O)cc(CCCCC)cc1OC(=O)C1(OP(=O)([O-])OCCC(C)C)CCCC1. The first kappa shape index (κ1) is 32.6. The lowest BCUT2D eigenvalue weighted by Crippen LogP contribution is -2.42. The number of rotatable bonds is 14. The molecule has 40 heavy (non-hydrogen) atoms. The van der Waals surface area contributed by atoms with E-state index in [-0.39, 0.29) is 48.7 Å². The summed E-state index contributed by atoms with van der Waals surface area (Å²) in [4.78, 5) is 26.6. The second kappa shape index (κ2) is 14.3. The zero-order valence-electron chi connectivity index (χ0n) is 25.0. The number of aromatic hydroxyl groups is 1. The van der Waals surface area contributed by atoms with Gasteiger partial charge in [0.1, 0.15) is 11.5 Å². The van der Waals surface area contributed by atoms with Gasteiger partial charge in [0.25, 0.3) is 7.82 Å². The molecule has 0 heterocycles. The molecule has 3 rings (SSSR count). The molecule has 0 spiro atoms. The molecule has 3 atom stereocenters. The summed E-state index contributed by atoms with van der Waals surface area (Å²) in [6.07, 6.45) is 10.0. The van der Waals surface area contributed by atoms with Crippen molar-refractivity contribution >= 4 is 13.8 Å². The number of allylic oxidation sites excluding steroid dienone is 3. The van der Waals surface area contributed by atoms with Gasteiger partial charge in [-0.05, 0) is 101 Å². The summed E-state index contributed by atoms with van der Waals surface area (Å²) in [7, 11) is -4.75. The summed E-state index contributed by atoms with van der Waals surface area (Å²) in [5, 5.41) is 11.3. The molecule has 1 fully saturated rings. The highest BCUT2D eigenvalue weighted by Gasteiger charge is 2.47. The van der Waals surface area contributed by atoms with Gasteiger partial charge in [-0.3, -0.25) is 9.09 Å². The first-order chi connectivity index (χ1) is 18.9. The molecule has 0 aromatic heterocycles. The Morgan fingerprint density at radius 2 is 1.95 bits per heavy atom. The third-order valence-corrected chi connectivity index (χ3v) is 9.25. The van der Waals surface area contributed by atoms with Crippen LogP contribution in [0.25, 0.3) is 0 Å². The molecule has 0 saturated heterocycles. The molecule has 1 N–H and O–H groups in total. The lowest BCUT2D eigenvalue weighted by atomic mass is 9.73. The largest absolute Gasteiger partial charge is 0.756 e. The number of aryl methyl sites for hydroxylation is 1. The van der Waals surface area contributed by atoms with Gasteiger partial charge in [0.05, 0.1) is 6.61 Å². The van der Waals surface area contributed by atoms with Gasteiger partial charge in [-0.15, -0.1) is 0 Å². The van der Waals surface area contributed by atoms with E-state index < -0.39 is 19.4 Å². The number of esters is 1. The molecule has 2 aliphatic carbocycles. The number of benzene rings is 1. The fraction of sp³-hybridized carbons (Fsp3) is 0.656. The molecule has 8 heteroatoms. The summed E-state index contributed by atoms with van der Waals surface area (Å²) in [6, 6.07) is 3.60. The van der Waals surface area contributed by atoms with Crippen LogP contribution in [0.1, 0.15) is 116 Å². The summed E-state index contributed by atoms with van der Waals surface area (Å²) in [5.41, 5.74) is 1.96. The van der Waals surface area contributed by atoms with E-state index in [1.807, 2.05) is 26.8 Å². The van der Waals surface area contributed by atoms with E-state index in [1.54, 1.807) is 6.07 Å². The van der Waals surface area contributed by atoms with E-state index in [9.17, 15) is 19.4 Å². The number of unbranched alkanes of at least 4 members (excludes halogenated alkanes) is 2. The molecule has 2 aliphatic rings. The molecular formula is C32H48O7P-. The van der Waals surface area contributed by atoms with Crippen molar-refractivity contribution in [3.63, 3.8) is 0 Å². The Balaban J connectivity index is 1.98. The lowest BCUT2D eigenvalue weighted by molar-refractivity contribution is -0.238. The van der Waals surface area contributed by atoms with Crippen molar-refractivity contribution < 1.29 is 33.1 Å². The number of hydrogen-bond donors (Lipinski definition) is 1. The van der Waals surface area contributed by atoms with Crippen LogP contribution >= 0.6 is 7.82 Å². The average Bonchev–Trinajstić information content (AvgIpc) is 3.32. The Kier molecular flexibility index (Phi) is 11.7. The molecule has 0 amide bonds. The molecule has 7 nitrogen and oxygen atoms in total. The molecule has 0 aliphatic heterocycles. The first-order valence-electron chi connectivity index (χ1n) is 14.9. The van der Waals surface area contributed by atoms with Crippen LogP contribution in [-0.2, 0) is 24.8 Å². The number of phosphoric ester groups is 1. The van der Waals surface area contributed by atoms with Crippen LogP contribution in [-0.4, -0.2) is 23.3 Å². The minimum atomic E-state index is -4.75. The van der Waals surface area contributed by atoms with E-state index in [0.29, 0.717) is 24.8 Å². The van der Waals surface area contributed by atoms with Crippen molar-refractivity contribution in [1.82, 2.24) is 0 Å². The molecule has 1 aromatic rings. The van der Waals surface area contributed by atoms with Gasteiger partial charge in [-0.25, -0.2) is 4.79 Å². The number of phosphoric acid groups is 1. The first-order valence-corrected chi connectivity index (χ1v) is 16.4. The summed E-state index contributed by atoms with van der Waals surface area (Å²) < 4.78 is 29.5. The van der Waals surface area contributed by atoms with E-state index in [0.717, 1.165) is 49.7 Å². The lowest BCUT2D eigenvalue weighted by Gasteiger charge is -2.35. The predicted molar refractivity (Wildman–Crippen MR) is 156 cm³/mol. The number of ether oxygens (including phenoxy) is 1. The van der Waals surface area contributed by atoms with E-state index in [1.165, 1.54) is 5.57 Å². The quantitative estimate of drug-likeness (QED) is 0.0790. The normalized spacial score (nSPS) is 22.1. The molecule has 0 radical (unpaired) electrons. The highest BCUT2D eigenvalue weighted by Crippen LogP contribution is 2.51. The van der Waals surface area contributed by atoms with Gasteiger partial charge in [-0.2, -0.15) is 0 Å². The standard InChI is InChI=1S/C32H49O7P/c1-7-8-9-12-25-20-28(33)30(27-19-24(6)13-14-26(27)23(4)5)29(21-25)38-31(34)32(16-10-11-17-32)39-40(35,36)37-18-15-22(2)3/h19-22,26-27,33H,4,7-18H2,1-3,5-6H3,(H,35,36)/p-1/t26-,27+/m0/s1. The number of hydrogen-bond acceptors (Lipinski definition) is 7. The topological polar surface area (TPSA) is 105 Å². The Labute approximate surface area is 240 Å². The third kappa shape index (κ3) is 8.55. The Morgan fingerprint density at radius 3 is 2.58 bits per heavy atom. The van der Waals surface area contributed by atoms with Crippen LogP contribution in [0.15, 0.2) is 35.9 Å². The predicted octanol–water partition coefficient (Wildman–Crippen LogP) is 7.91. The minimum absolute atomic E-state index is 0.00292. The van der Waals surface area contributed by atoms with E-state index in [4.69, 9.17) is 13.8 Å². The third-order valence-electron chi connectivity index (χ3n) is 8.18. The maximum absolute atomic E-state index is 13.8. The fourth-order valence-corrected chi connectivity index (χ4v) is 6.90. The average molecular weight is 576 g/mol. The molecular weight excluding hydrogens is 527 g/mol. The van der Waals surface area contributed by atoms with E-state index >= 15 is 0 Å². The van der Waals surface area contributed by atoms with Crippen molar-refractivity contribution in [2.24, 2.45) is 11.8 Å². The van der Waals surface area contributed by atoms with Gasteiger partial charge in [0, 0.05) is 11.5 Å². The van der Waals surface area contributed by atoms with Crippen LogP contribution in [0.3, 0.4) is 0 Å². The van der Waals surface area contributed by atoms with Crippen molar-refractivity contribution in [2.75, 3.05) is 6.61 Å². The Bertz CT molecular complexity index is 1120. The zero-order valence-corrected chi connectivity index (χ0v) is 25.9. The Morgan fingerprint density at radius 1 is 1.25 bits per heavy atom. The molecule has 1 aromatic carbocycles. The van der Waals surface area contributed by atoms with Gasteiger partial charge in [0.15, 0.2) is 5.60 Å². The maximum Gasteiger partial charge on any atom is 0.344 e. The van der Waals surface area contributed by atoms with Crippen LogP contribution < -0.4 is 9.63 Å². The van der Waals surface area contributed by atoms with E-state index in [2.05, 4.69) is 26.5 Å². The molecule has 0 bridgehead atoms. The second-order valence-corrected chi connectivity index (χ2v) is 13.5. The van der Waals surface area contributed by atoms with Crippen LogP contribution in [0.4, 0.5) is 0 Å².